The first-order chi connectivity index (χ1) is 8.41. The van der Waals surface area contributed by atoms with Gasteiger partial charge in [0.2, 0.25) is 0 Å². The number of halogens is 1. The van der Waals surface area contributed by atoms with Gasteiger partial charge in [0.15, 0.2) is 0 Å². The van der Waals surface area contributed by atoms with Gasteiger partial charge in [-0.15, -0.1) is 0 Å². The number of hydrogen-bond donors (Lipinski definition) is 1. The highest BCUT2D eigenvalue weighted by Crippen LogP contribution is 2.37. The fourth-order valence-electron chi connectivity index (χ4n) is 2.57. The molecule has 0 aliphatic heterocycles. The van der Waals surface area contributed by atoms with Crippen molar-refractivity contribution < 1.29 is 14.2 Å². The maximum atomic E-state index is 14.1. The zero-order valence-electron chi connectivity index (χ0n) is 11.9. The van der Waals surface area contributed by atoms with E-state index in [1.165, 1.54) is 6.07 Å². The molecule has 0 aromatic heterocycles. The second-order valence-corrected chi connectivity index (χ2v) is 4.86. The Hall–Kier alpha value is -0.930. The molecule has 1 N–H and O–H groups in total. The Morgan fingerprint density at radius 2 is 1.83 bits per heavy atom. The van der Waals surface area contributed by atoms with E-state index >= 15 is 0 Å². The van der Waals surface area contributed by atoms with Crippen LogP contribution in [0.2, 0.25) is 0 Å². The normalized spacial score (nSPS) is 13.7. The molecule has 1 aromatic carbocycles. The van der Waals surface area contributed by atoms with Gasteiger partial charge in [0, 0.05) is 12.7 Å². The van der Waals surface area contributed by atoms with Crippen molar-refractivity contribution in [3.8, 4) is 0 Å². The third kappa shape index (κ3) is 2.57. The summed E-state index contributed by atoms with van der Waals surface area (Å²) in [5, 5.41) is 10.5. The van der Waals surface area contributed by atoms with Gasteiger partial charge in [-0.25, -0.2) is 4.39 Å². The number of aryl methyl sites for hydroxylation is 2. The number of rotatable bonds is 5. The third-order valence-electron chi connectivity index (χ3n) is 3.86. The molecule has 0 aliphatic rings. The van der Waals surface area contributed by atoms with Crippen LogP contribution in [0.5, 0.6) is 0 Å². The molecule has 18 heavy (non-hydrogen) atoms. The van der Waals surface area contributed by atoms with Crippen molar-refractivity contribution in [1.29, 1.82) is 0 Å². The molecule has 1 aromatic rings. The smallest absolute Gasteiger partial charge is 0.129 e. The van der Waals surface area contributed by atoms with Gasteiger partial charge in [-0.2, -0.15) is 0 Å². The molecule has 0 radical (unpaired) electrons. The van der Waals surface area contributed by atoms with Gasteiger partial charge in [-0.3, -0.25) is 0 Å². The molecule has 0 spiro atoms. The van der Waals surface area contributed by atoms with Crippen LogP contribution in [0.3, 0.4) is 0 Å². The van der Waals surface area contributed by atoms with Gasteiger partial charge < -0.3 is 9.84 Å². The van der Waals surface area contributed by atoms with Gasteiger partial charge in [-0.1, -0.05) is 19.9 Å². The second-order valence-electron chi connectivity index (χ2n) is 4.86. The molecule has 0 bridgehead atoms. The molecule has 0 heterocycles. The van der Waals surface area contributed by atoms with Gasteiger partial charge >= 0.3 is 0 Å². The lowest BCUT2D eigenvalue weighted by molar-refractivity contribution is -0.111. The minimum atomic E-state index is -0.946. The van der Waals surface area contributed by atoms with Crippen LogP contribution in [0.1, 0.15) is 49.5 Å². The van der Waals surface area contributed by atoms with E-state index in [2.05, 4.69) is 0 Å². The topological polar surface area (TPSA) is 29.5 Å². The predicted octanol–water partition coefficient (Wildman–Crippen LogP) is 3.68. The number of ether oxygens (including phenoxy) is 1. The fourth-order valence-corrected chi connectivity index (χ4v) is 2.57. The lowest BCUT2D eigenvalue weighted by Gasteiger charge is -2.36. The Morgan fingerprint density at radius 1 is 1.28 bits per heavy atom. The van der Waals surface area contributed by atoms with Crippen LogP contribution in [-0.2, 0) is 4.74 Å². The van der Waals surface area contributed by atoms with Crippen LogP contribution in [0.4, 0.5) is 4.39 Å². The SMILES string of the molecule is CCC(CC)(OC)C(O)c1c(C)cc(C)cc1F. The van der Waals surface area contributed by atoms with Crippen LogP contribution < -0.4 is 0 Å². The molecule has 3 heteroatoms. The van der Waals surface area contributed by atoms with E-state index in [0.717, 1.165) is 11.1 Å². The van der Waals surface area contributed by atoms with Crippen molar-refractivity contribution in [2.45, 2.75) is 52.2 Å². The Morgan fingerprint density at radius 3 is 2.22 bits per heavy atom. The number of aliphatic hydroxyl groups excluding tert-OH is 1. The summed E-state index contributed by atoms with van der Waals surface area (Å²) in [6, 6.07) is 3.34. The van der Waals surface area contributed by atoms with E-state index in [4.69, 9.17) is 4.74 Å². The first kappa shape index (κ1) is 15.1. The van der Waals surface area contributed by atoms with E-state index in [1.807, 2.05) is 33.8 Å². The maximum Gasteiger partial charge on any atom is 0.129 e. The molecule has 2 nitrogen and oxygen atoms in total. The van der Waals surface area contributed by atoms with E-state index < -0.39 is 11.7 Å². The summed E-state index contributed by atoms with van der Waals surface area (Å²) >= 11 is 0. The summed E-state index contributed by atoms with van der Waals surface area (Å²) in [6.45, 7) is 7.55. The minimum Gasteiger partial charge on any atom is -0.385 e. The minimum absolute atomic E-state index is 0.353. The zero-order valence-corrected chi connectivity index (χ0v) is 11.9. The van der Waals surface area contributed by atoms with E-state index in [1.54, 1.807) is 7.11 Å². The number of hydrogen-bond acceptors (Lipinski definition) is 2. The number of aliphatic hydroxyl groups is 1. The van der Waals surface area contributed by atoms with Crippen molar-refractivity contribution in [2.24, 2.45) is 0 Å². The summed E-state index contributed by atoms with van der Waals surface area (Å²) in [4.78, 5) is 0. The van der Waals surface area contributed by atoms with Gasteiger partial charge in [0.05, 0.1) is 5.60 Å². The quantitative estimate of drug-likeness (QED) is 0.868. The highest BCUT2D eigenvalue weighted by molar-refractivity contribution is 5.35. The van der Waals surface area contributed by atoms with Crippen LogP contribution in [0, 0.1) is 19.7 Å². The van der Waals surface area contributed by atoms with Crippen molar-refractivity contribution in [3.05, 3.63) is 34.6 Å². The molecular formula is C15H23FO2. The zero-order chi connectivity index (χ0) is 13.9. The molecule has 0 amide bonds. The van der Waals surface area contributed by atoms with E-state index in [9.17, 15) is 9.50 Å². The molecular weight excluding hydrogens is 231 g/mol. The van der Waals surface area contributed by atoms with E-state index in [-0.39, 0.29) is 5.82 Å². The van der Waals surface area contributed by atoms with Crippen molar-refractivity contribution in [1.82, 2.24) is 0 Å². The molecule has 0 fully saturated rings. The largest absolute Gasteiger partial charge is 0.385 e. The first-order valence-electron chi connectivity index (χ1n) is 6.41. The van der Waals surface area contributed by atoms with Gasteiger partial charge in [-0.05, 0) is 43.9 Å². The summed E-state index contributed by atoms with van der Waals surface area (Å²) in [5.41, 5.74) is 1.26. The first-order valence-corrected chi connectivity index (χ1v) is 6.41. The Bertz CT molecular complexity index is 380. The van der Waals surface area contributed by atoms with Crippen LogP contribution in [0.15, 0.2) is 12.1 Å². The maximum absolute atomic E-state index is 14.1. The molecule has 1 rings (SSSR count). The fraction of sp³-hybridized carbons (Fsp3) is 0.600. The van der Waals surface area contributed by atoms with Gasteiger partial charge in [0.1, 0.15) is 11.9 Å². The lowest BCUT2D eigenvalue weighted by Crippen LogP contribution is -2.38. The highest BCUT2D eigenvalue weighted by atomic mass is 19.1. The van der Waals surface area contributed by atoms with Crippen molar-refractivity contribution >= 4 is 0 Å². The van der Waals surface area contributed by atoms with Gasteiger partial charge in [0.25, 0.3) is 0 Å². The average Bonchev–Trinajstić information content (AvgIpc) is 2.30. The summed E-state index contributed by atoms with van der Waals surface area (Å²) in [5.74, 6) is -0.358. The Labute approximate surface area is 109 Å². The monoisotopic (exact) mass is 254 g/mol. The van der Waals surface area contributed by atoms with Crippen LogP contribution in [0.25, 0.3) is 0 Å². The van der Waals surface area contributed by atoms with Crippen LogP contribution in [-0.4, -0.2) is 17.8 Å². The average molecular weight is 254 g/mol. The second kappa shape index (κ2) is 5.81. The molecule has 0 saturated heterocycles. The third-order valence-corrected chi connectivity index (χ3v) is 3.86. The Kier molecular flexibility index (Phi) is 4.88. The standard InChI is InChI=1S/C15H23FO2/c1-6-15(7-2,18-5)14(17)13-11(4)8-10(3)9-12(13)16/h8-9,14,17H,6-7H2,1-5H3. The molecule has 0 saturated carbocycles. The molecule has 0 aliphatic carbocycles. The summed E-state index contributed by atoms with van der Waals surface area (Å²) < 4.78 is 19.6. The summed E-state index contributed by atoms with van der Waals surface area (Å²) in [6.07, 6.45) is 0.320. The Balaban J connectivity index is 3.29. The molecule has 1 atom stereocenters. The molecule has 1 unspecified atom stereocenters. The van der Waals surface area contributed by atoms with E-state index in [0.29, 0.717) is 18.4 Å². The van der Waals surface area contributed by atoms with Crippen molar-refractivity contribution in [3.63, 3.8) is 0 Å². The molecule has 102 valence electrons. The number of methoxy groups -OCH3 is 1. The highest BCUT2D eigenvalue weighted by Gasteiger charge is 2.37. The van der Waals surface area contributed by atoms with Crippen molar-refractivity contribution in [2.75, 3.05) is 7.11 Å². The lowest BCUT2D eigenvalue weighted by atomic mass is 9.84. The predicted molar refractivity (Wildman–Crippen MR) is 71.2 cm³/mol. The van der Waals surface area contributed by atoms with Crippen LogP contribution >= 0.6 is 0 Å². The summed E-state index contributed by atoms with van der Waals surface area (Å²) in [7, 11) is 1.57. The number of benzene rings is 1.